The highest BCUT2D eigenvalue weighted by Crippen LogP contribution is 2.43. The standard InChI is InChI=1S/C82H105N7O9/c1-8-14-20-26-38-93-74-32-28-30-69(56-74)85-81(91)88-72-50-61-44-59-48-67(83)49-60(76(59)95-40-22-16-10-3)45-62-51-73(89-82(92)86-70-31-29-33-75(57-70)94-39-27-21-15-9-2)55-64(78(62)97-42-24-18-12-5)47-66-53-71(87-80(90)84-68-36-34-58(7)35-37-68)52-65(79(66)98-43-25-19-13-6)46-63(54-72)77(61)96-41-23-17-11-4/h8-9,28-37,48-57H,1-2,10-27,38-47,83H2,3-7H3,(H2,84,87,90)(H2,85,88,91)(H2,86,89,92). The van der Waals surface area contributed by atoms with Crippen molar-refractivity contribution in [1.29, 1.82) is 0 Å². The predicted molar refractivity (Wildman–Crippen MR) is 403 cm³/mol. The molecule has 0 spiro atoms. The molecule has 16 nitrogen and oxygen atoms in total. The van der Waals surface area contributed by atoms with Gasteiger partial charge in [-0.25, -0.2) is 14.4 Å². The molecule has 1 aliphatic rings. The van der Waals surface area contributed by atoms with E-state index in [2.05, 4.69) is 72.8 Å². The van der Waals surface area contributed by atoms with E-state index in [1.165, 1.54) is 0 Å². The first-order valence-electron chi connectivity index (χ1n) is 35.7. The van der Waals surface area contributed by atoms with Crippen molar-refractivity contribution in [2.24, 2.45) is 0 Å². The van der Waals surface area contributed by atoms with Crippen LogP contribution in [0.15, 0.2) is 147 Å². The van der Waals surface area contributed by atoms with Crippen LogP contribution in [0.1, 0.15) is 193 Å². The number of nitrogen functional groups attached to an aromatic ring is 1. The minimum absolute atomic E-state index is 0.238. The number of nitrogens with one attached hydrogen (secondary N) is 6. The summed E-state index contributed by atoms with van der Waals surface area (Å²) >= 11 is 0. The molecule has 6 amide bonds. The number of ether oxygens (including phenoxy) is 6. The lowest BCUT2D eigenvalue weighted by molar-refractivity contribution is 0.261. The molecule has 8 rings (SSSR count). The summed E-state index contributed by atoms with van der Waals surface area (Å²) in [6.07, 6.45) is 21.5. The average molecular weight is 1330 g/mol. The van der Waals surface area contributed by atoms with E-state index in [0.717, 1.165) is 166 Å². The van der Waals surface area contributed by atoms with Gasteiger partial charge in [-0.15, -0.1) is 13.2 Å². The van der Waals surface area contributed by atoms with Crippen LogP contribution in [0.2, 0.25) is 0 Å². The first-order chi connectivity index (χ1) is 47.8. The smallest absolute Gasteiger partial charge is 0.323 e. The molecule has 0 aliphatic heterocycles. The molecule has 8 bridgehead atoms. The van der Waals surface area contributed by atoms with E-state index in [4.69, 9.17) is 34.2 Å². The Balaban J connectivity index is 1.34. The fraction of sp³-hybridized carbons (Fsp3) is 0.402. The number of carbonyl (C=O) groups is 3. The number of fused-ring (bicyclic) bond motifs is 8. The molecule has 0 atom stereocenters. The zero-order chi connectivity index (χ0) is 69.3. The first-order valence-corrected chi connectivity index (χ1v) is 35.7. The Morgan fingerprint density at radius 3 is 0.959 bits per heavy atom. The van der Waals surface area contributed by atoms with Crippen LogP contribution >= 0.6 is 0 Å². The van der Waals surface area contributed by atoms with E-state index >= 15 is 0 Å². The molecule has 0 heterocycles. The van der Waals surface area contributed by atoms with Gasteiger partial charge in [0, 0.05) is 122 Å². The molecule has 0 aromatic heterocycles. The number of hydrogen-bond acceptors (Lipinski definition) is 10. The van der Waals surface area contributed by atoms with Gasteiger partial charge < -0.3 is 66.1 Å². The Bertz CT molecular complexity index is 3530. The van der Waals surface area contributed by atoms with E-state index in [-0.39, 0.29) is 12.8 Å². The number of benzene rings is 7. The first kappa shape index (κ1) is 74.2. The minimum atomic E-state index is -0.451. The zero-order valence-electron chi connectivity index (χ0n) is 58.7. The Labute approximate surface area is 582 Å². The van der Waals surface area contributed by atoms with E-state index in [9.17, 15) is 14.4 Å². The van der Waals surface area contributed by atoms with Crippen molar-refractivity contribution in [3.8, 4) is 34.5 Å². The highest BCUT2D eigenvalue weighted by atomic mass is 16.5. The van der Waals surface area contributed by atoms with Gasteiger partial charge in [-0.2, -0.15) is 0 Å². The number of carbonyl (C=O) groups excluding carboxylic acids is 3. The molecule has 522 valence electrons. The maximum Gasteiger partial charge on any atom is 0.323 e. The van der Waals surface area contributed by atoms with Gasteiger partial charge in [0.1, 0.15) is 34.5 Å². The monoisotopic (exact) mass is 1330 g/mol. The highest BCUT2D eigenvalue weighted by Gasteiger charge is 2.26. The predicted octanol–water partition coefficient (Wildman–Crippen LogP) is 20.9. The number of urea groups is 3. The summed E-state index contributed by atoms with van der Waals surface area (Å²) in [5.74, 6) is 3.94. The average Bonchev–Trinajstić information content (AvgIpc) is 0.777. The van der Waals surface area contributed by atoms with Crippen molar-refractivity contribution >= 4 is 57.9 Å². The van der Waals surface area contributed by atoms with Gasteiger partial charge in [0.2, 0.25) is 0 Å². The third kappa shape index (κ3) is 23.9. The van der Waals surface area contributed by atoms with Crippen LogP contribution in [0.3, 0.4) is 0 Å². The van der Waals surface area contributed by atoms with Crippen molar-refractivity contribution in [2.75, 3.05) is 77.3 Å². The van der Waals surface area contributed by atoms with Crippen molar-refractivity contribution in [3.05, 3.63) is 197 Å². The molecule has 8 N–H and O–H groups in total. The maximum absolute atomic E-state index is 14.5. The number of aryl methyl sites for hydroxylation is 1. The number of unbranched alkanes of at least 4 members (excludes halogenated alkanes) is 12. The van der Waals surface area contributed by atoms with Gasteiger partial charge in [-0.1, -0.05) is 121 Å². The second-order valence-corrected chi connectivity index (χ2v) is 25.4. The van der Waals surface area contributed by atoms with Crippen LogP contribution in [0, 0.1) is 6.92 Å². The number of allylic oxidation sites excluding steroid dienone is 2. The summed E-state index contributed by atoms with van der Waals surface area (Å²) in [6, 6.07) is 37.0. The van der Waals surface area contributed by atoms with E-state index in [1.54, 1.807) is 0 Å². The normalized spacial score (nSPS) is 11.6. The molecule has 0 fully saturated rings. The fourth-order valence-electron chi connectivity index (χ4n) is 12.0. The third-order valence-corrected chi connectivity index (χ3v) is 16.9. The Kier molecular flexibility index (Phi) is 30.5. The minimum Gasteiger partial charge on any atom is -0.494 e. The summed E-state index contributed by atoms with van der Waals surface area (Å²) in [7, 11) is 0. The largest absolute Gasteiger partial charge is 0.494 e. The van der Waals surface area contributed by atoms with Gasteiger partial charge in [0.25, 0.3) is 0 Å². The van der Waals surface area contributed by atoms with Crippen molar-refractivity contribution in [1.82, 2.24) is 0 Å². The van der Waals surface area contributed by atoms with Crippen LogP contribution in [0.25, 0.3) is 0 Å². The summed E-state index contributed by atoms with van der Waals surface area (Å²) in [6.45, 7) is 21.2. The number of rotatable bonds is 38. The molecule has 1 aliphatic carbocycles. The second-order valence-electron chi connectivity index (χ2n) is 25.4. The van der Waals surface area contributed by atoms with E-state index in [1.807, 2.05) is 140 Å². The third-order valence-electron chi connectivity index (χ3n) is 16.9. The van der Waals surface area contributed by atoms with Crippen LogP contribution < -0.4 is 66.1 Å². The van der Waals surface area contributed by atoms with Gasteiger partial charge >= 0.3 is 18.1 Å². The number of anilines is 7. The molecule has 16 heteroatoms. The molecule has 0 radical (unpaired) electrons. The van der Waals surface area contributed by atoms with Gasteiger partial charge in [0.05, 0.1) is 39.6 Å². The zero-order valence-corrected chi connectivity index (χ0v) is 58.7. The molecule has 0 saturated heterocycles. The lowest BCUT2D eigenvalue weighted by Crippen LogP contribution is -2.20. The summed E-state index contributed by atoms with van der Waals surface area (Å²) < 4.78 is 40.6. The number of hydrogen-bond donors (Lipinski definition) is 7. The van der Waals surface area contributed by atoms with Crippen molar-refractivity contribution < 1.29 is 42.8 Å². The fourth-order valence-corrected chi connectivity index (χ4v) is 12.0. The Morgan fingerprint density at radius 1 is 0.357 bits per heavy atom. The topological polar surface area (TPSA) is 205 Å². The molecule has 0 unspecified atom stereocenters. The lowest BCUT2D eigenvalue weighted by atomic mass is 9.90. The molecule has 7 aromatic rings. The van der Waals surface area contributed by atoms with Gasteiger partial charge in [-0.3, -0.25) is 0 Å². The summed E-state index contributed by atoms with van der Waals surface area (Å²) in [4.78, 5) is 43.3. The lowest BCUT2D eigenvalue weighted by Gasteiger charge is -2.25. The molecule has 7 aromatic carbocycles. The van der Waals surface area contributed by atoms with Crippen LogP contribution in [0.4, 0.5) is 54.2 Å². The SMILES string of the molecule is C=CCCCCOc1cccc(NC(=O)Nc2cc3c(OCCCCC)c(c2)Cc2cc(NC(=O)Nc4ccc(C)cc4)cc(c2OCCCCC)Cc2cc(NC(=O)Nc4cccc(OCCCCC=C)c4)cc(c2OCCCCC)Cc2cc(N)cc(c2OCCCCC)C3)c1. The molecular weight excluding hydrogens is 1230 g/mol. The number of nitrogens with two attached hydrogens (primary N) is 1. The maximum atomic E-state index is 14.5. The van der Waals surface area contributed by atoms with Crippen molar-refractivity contribution in [3.63, 3.8) is 0 Å². The molecule has 0 saturated carbocycles. The van der Waals surface area contributed by atoms with E-state index in [0.29, 0.717) is 127 Å². The summed E-state index contributed by atoms with van der Waals surface area (Å²) in [5.41, 5.74) is 18.3. The Morgan fingerprint density at radius 2 is 0.643 bits per heavy atom. The van der Waals surface area contributed by atoms with Crippen LogP contribution in [-0.4, -0.2) is 57.7 Å². The molecule has 98 heavy (non-hydrogen) atoms. The van der Waals surface area contributed by atoms with Crippen LogP contribution in [-0.2, 0) is 25.7 Å². The highest BCUT2D eigenvalue weighted by molar-refractivity contribution is 6.02. The van der Waals surface area contributed by atoms with Crippen LogP contribution in [0.5, 0.6) is 34.5 Å². The molecular formula is C82H105N7O9. The quantitative estimate of drug-likeness (QED) is 0.0111. The van der Waals surface area contributed by atoms with Crippen molar-refractivity contribution in [2.45, 2.75) is 176 Å². The van der Waals surface area contributed by atoms with Gasteiger partial charge in [0.15, 0.2) is 0 Å². The number of amides is 6. The van der Waals surface area contributed by atoms with E-state index < -0.39 is 18.1 Å². The Hall–Kier alpha value is -9.57. The second kappa shape index (κ2) is 40.2. The van der Waals surface area contributed by atoms with Gasteiger partial charge in [-0.05, 0) is 156 Å². The summed E-state index contributed by atoms with van der Waals surface area (Å²) in [5, 5.41) is 18.8.